The molecular formula is C11H12ClN5. The molecule has 0 saturated heterocycles. The van der Waals surface area contributed by atoms with Crippen LogP contribution in [0.5, 0.6) is 0 Å². The topological polar surface area (TPSA) is 67.9 Å². The van der Waals surface area contributed by atoms with E-state index in [1.807, 2.05) is 26.2 Å². The third-order valence-electron chi connectivity index (χ3n) is 2.12. The van der Waals surface area contributed by atoms with E-state index < -0.39 is 0 Å². The van der Waals surface area contributed by atoms with E-state index in [4.69, 9.17) is 17.3 Å². The van der Waals surface area contributed by atoms with E-state index in [1.54, 1.807) is 17.0 Å². The molecule has 0 unspecified atom stereocenters. The maximum atomic E-state index is 5.92. The van der Waals surface area contributed by atoms with Crippen LogP contribution in [0.15, 0.2) is 24.3 Å². The van der Waals surface area contributed by atoms with Crippen LogP contribution >= 0.6 is 11.6 Å². The van der Waals surface area contributed by atoms with Crippen molar-refractivity contribution >= 4 is 23.5 Å². The first-order valence-corrected chi connectivity index (χ1v) is 5.39. The fourth-order valence-corrected chi connectivity index (χ4v) is 1.53. The summed E-state index contributed by atoms with van der Waals surface area (Å²) in [5, 5.41) is 0.632. The minimum absolute atomic E-state index is 0.193. The predicted molar refractivity (Wildman–Crippen MR) is 69.0 cm³/mol. The number of benzene rings is 1. The van der Waals surface area contributed by atoms with Crippen molar-refractivity contribution in [3.8, 4) is 11.4 Å². The second-order valence-electron chi connectivity index (χ2n) is 3.72. The van der Waals surface area contributed by atoms with Gasteiger partial charge in [-0.15, -0.1) is 0 Å². The lowest BCUT2D eigenvalue weighted by Gasteiger charge is -2.11. The van der Waals surface area contributed by atoms with Crippen LogP contribution in [0.1, 0.15) is 0 Å². The van der Waals surface area contributed by atoms with Gasteiger partial charge >= 0.3 is 0 Å². The van der Waals surface area contributed by atoms with Gasteiger partial charge in [-0.3, -0.25) is 0 Å². The molecule has 0 aliphatic carbocycles. The summed E-state index contributed by atoms with van der Waals surface area (Å²) in [7, 11) is 3.69. The van der Waals surface area contributed by atoms with Crippen molar-refractivity contribution in [3.63, 3.8) is 0 Å². The molecule has 0 fully saturated rings. The highest BCUT2D eigenvalue weighted by Crippen LogP contribution is 2.21. The van der Waals surface area contributed by atoms with Crippen molar-refractivity contribution in [1.82, 2.24) is 15.0 Å². The van der Waals surface area contributed by atoms with Gasteiger partial charge in [0.15, 0.2) is 5.82 Å². The molecule has 0 aliphatic rings. The van der Waals surface area contributed by atoms with Gasteiger partial charge in [0.1, 0.15) is 0 Å². The number of hydrogen-bond acceptors (Lipinski definition) is 5. The fraction of sp³-hybridized carbons (Fsp3) is 0.182. The minimum atomic E-state index is 0.193. The second-order valence-corrected chi connectivity index (χ2v) is 4.16. The van der Waals surface area contributed by atoms with Gasteiger partial charge < -0.3 is 10.6 Å². The fourth-order valence-electron chi connectivity index (χ4n) is 1.34. The summed E-state index contributed by atoms with van der Waals surface area (Å²) < 4.78 is 0. The Bertz CT molecular complexity index is 541. The average Bonchev–Trinajstić information content (AvgIpc) is 2.28. The zero-order valence-corrected chi connectivity index (χ0v) is 10.3. The summed E-state index contributed by atoms with van der Waals surface area (Å²) in [5.74, 6) is 1.23. The molecule has 5 nitrogen and oxygen atoms in total. The van der Waals surface area contributed by atoms with Gasteiger partial charge in [-0.1, -0.05) is 23.7 Å². The van der Waals surface area contributed by atoms with Gasteiger partial charge in [0.25, 0.3) is 0 Å². The number of nitrogens with zero attached hydrogens (tertiary/aromatic N) is 4. The number of hydrogen-bond donors (Lipinski definition) is 1. The Balaban J connectivity index is 2.52. The lowest BCUT2D eigenvalue weighted by molar-refractivity contribution is 0.970. The Labute approximate surface area is 104 Å². The number of anilines is 2. The summed E-state index contributed by atoms with van der Waals surface area (Å²) >= 11 is 5.92. The summed E-state index contributed by atoms with van der Waals surface area (Å²) in [5.41, 5.74) is 6.47. The molecule has 0 bridgehead atoms. The highest BCUT2D eigenvalue weighted by molar-refractivity contribution is 6.30. The standard InChI is InChI=1S/C11H12ClN5/c1-17(2)11-15-9(14-10(13)16-11)7-4-3-5-8(12)6-7/h3-6H,1-2H3,(H2,13,14,15,16). The number of aromatic nitrogens is 3. The molecule has 17 heavy (non-hydrogen) atoms. The highest BCUT2D eigenvalue weighted by Gasteiger charge is 2.08. The van der Waals surface area contributed by atoms with Crippen molar-refractivity contribution in [2.24, 2.45) is 0 Å². The molecular weight excluding hydrogens is 238 g/mol. The molecule has 0 saturated carbocycles. The van der Waals surface area contributed by atoms with Crippen molar-refractivity contribution in [2.45, 2.75) is 0 Å². The predicted octanol–water partition coefficient (Wildman–Crippen LogP) is 1.84. The quantitative estimate of drug-likeness (QED) is 0.880. The summed E-state index contributed by atoms with van der Waals surface area (Å²) in [4.78, 5) is 14.2. The van der Waals surface area contributed by atoms with Gasteiger partial charge in [-0.2, -0.15) is 15.0 Å². The van der Waals surface area contributed by atoms with Gasteiger partial charge in [-0.05, 0) is 12.1 Å². The number of nitrogens with two attached hydrogens (primary N) is 1. The maximum Gasteiger partial charge on any atom is 0.230 e. The third-order valence-corrected chi connectivity index (χ3v) is 2.36. The molecule has 2 rings (SSSR count). The van der Waals surface area contributed by atoms with Crippen molar-refractivity contribution < 1.29 is 0 Å². The molecule has 0 spiro atoms. The van der Waals surface area contributed by atoms with E-state index in [1.165, 1.54) is 0 Å². The highest BCUT2D eigenvalue weighted by atomic mass is 35.5. The molecule has 2 aromatic rings. The largest absolute Gasteiger partial charge is 0.368 e. The summed E-state index contributed by atoms with van der Waals surface area (Å²) in [6.45, 7) is 0. The monoisotopic (exact) mass is 249 g/mol. The zero-order valence-electron chi connectivity index (χ0n) is 9.55. The third kappa shape index (κ3) is 2.62. The first-order valence-electron chi connectivity index (χ1n) is 5.01. The van der Waals surface area contributed by atoms with E-state index in [2.05, 4.69) is 15.0 Å². The van der Waals surface area contributed by atoms with E-state index in [0.29, 0.717) is 16.8 Å². The van der Waals surface area contributed by atoms with Crippen LogP contribution in [-0.4, -0.2) is 29.0 Å². The first-order chi connectivity index (χ1) is 8.06. The van der Waals surface area contributed by atoms with Crippen molar-refractivity contribution in [1.29, 1.82) is 0 Å². The number of nitrogen functional groups attached to an aromatic ring is 1. The Morgan fingerprint density at radius 2 is 1.94 bits per heavy atom. The van der Waals surface area contributed by atoms with E-state index >= 15 is 0 Å². The van der Waals surface area contributed by atoms with Crippen LogP contribution < -0.4 is 10.6 Å². The normalized spacial score (nSPS) is 10.3. The van der Waals surface area contributed by atoms with Gasteiger partial charge in [0, 0.05) is 24.7 Å². The van der Waals surface area contributed by atoms with Crippen molar-refractivity contribution in [2.75, 3.05) is 24.7 Å². The van der Waals surface area contributed by atoms with E-state index in [0.717, 1.165) is 5.56 Å². The lowest BCUT2D eigenvalue weighted by atomic mass is 10.2. The lowest BCUT2D eigenvalue weighted by Crippen LogP contribution is -2.15. The molecule has 0 atom stereocenters. The average molecular weight is 250 g/mol. The van der Waals surface area contributed by atoms with Gasteiger partial charge in [0.2, 0.25) is 11.9 Å². The van der Waals surface area contributed by atoms with Crippen LogP contribution in [-0.2, 0) is 0 Å². The molecule has 88 valence electrons. The Morgan fingerprint density at radius 3 is 2.59 bits per heavy atom. The molecule has 1 aromatic carbocycles. The second kappa shape index (κ2) is 4.55. The summed E-state index contributed by atoms with van der Waals surface area (Å²) in [6, 6.07) is 7.30. The van der Waals surface area contributed by atoms with Crippen LogP contribution in [0.3, 0.4) is 0 Å². The van der Waals surface area contributed by atoms with Crippen LogP contribution in [0.25, 0.3) is 11.4 Å². The maximum absolute atomic E-state index is 5.92. The first kappa shape index (κ1) is 11.6. The zero-order chi connectivity index (χ0) is 12.4. The number of halogens is 1. The van der Waals surface area contributed by atoms with Crippen LogP contribution in [0, 0.1) is 0 Å². The number of rotatable bonds is 2. The minimum Gasteiger partial charge on any atom is -0.368 e. The molecule has 6 heteroatoms. The molecule has 1 heterocycles. The molecule has 0 radical (unpaired) electrons. The SMILES string of the molecule is CN(C)c1nc(N)nc(-c2cccc(Cl)c2)n1. The van der Waals surface area contributed by atoms with Crippen molar-refractivity contribution in [3.05, 3.63) is 29.3 Å². The molecule has 1 aromatic heterocycles. The van der Waals surface area contributed by atoms with Gasteiger partial charge in [-0.25, -0.2) is 0 Å². The van der Waals surface area contributed by atoms with Crippen LogP contribution in [0.2, 0.25) is 5.02 Å². The molecule has 2 N–H and O–H groups in total. The van der Waals surface area contributed by atoms with Crippen LogP contribution in [0.4, 0.5) is 11.9 Å². The van der Waals surface area contributed by atoms with E-state index in [-0.39, 0.29) is 5.95 Å². The Morgan fingerprint density at radius 1 is 1.18 bits per heavy atom. The summed E-state index contributed by atoms with van der Waals surface area (Å²) in [6.07, 6.45) is 0. The van der Waals surface area contributed by atoms with Gasteiger partial charge in [0.05, 0.1) is 0 Å². The van der Waals surface area contributed by atoms with E-state index in [9.17, 15) is 0 Å². The molecule has 0 amide bonds. The smallest absolute Gasteiger partial charge is 0.230 e. The molecule has 0 aliphatic heterocycles. The Kier molecular flexibility index (Phi) is 3.10. The Hall–Kier alpha value is -1.88.